The van der Waals surface area contributed by atoms with Crippen LogP contribution in [0, 0.1) is 23.1 Å². The van der Waals surface area contributed by atoms with Gasteiger partial charge in [-0.2, -0.15) is 4.98 Å². The third kappa shape index (κ3) is 11.5. The van der Waals surface area contributed by atoms with Crippen molar-refractivity contribution in [1.29, 1.82) is 0 Å². The number of hydrogen-bond acceptors (Lipinski definition) is 12. The maximum Gasteiger partial charge on any atom is 0.412 e. The van der Waals surface area contributed by atoms with Gasteiger partial charge >= 0.3 is 6.09 Å². The highest BCUT2D eigenvalue weighted by molar-refractivity contribution is 6.90. The van der Waals surface area contributed by atoms with E-state index in [1.54, 1.807) is 59.4 Å². The van der Waals surface area contributed by atoms with Crippen molar-refractivity contribution in [2.24, 2.45) is 0 Å². The van der Waals surface area contributed by atoms with Gasteiger partial charge in [-0.05, 0) is 136 Å². The zero-order chi connectivity index (χ0) is 57.4. The number of amides is 1. The Morgan fingerprint density at radius 3 is 2.05 bits per heavy atom. The first-order valence-corrected chi connectivity index (χ1v) is 29.9. The predicted molar refractivity (Wildman–Crippen MR) is 322 cm³/mol. The molecule has 1 amide bonds. The van der Waals surface area contributed by atoms with E-state index in [2.05, 4.69) is 129 Å². The smallest absolute Gasteiger partial charge is 0.412 e. The fraction of sp³-hybridized carbons (Fsp3) is 0.391. The number of halogens is 2. The second-order valence-corrected chi connectivity index (χ2v) is 28.8. The summed E-state index contributed by atoms with van der Waals surface area (Å²) in [5.74, 6) is 5.28. The summed E-state index contributed by atoms with van der Waals surface area (Å²) >= 11 is 0. The maximum absolute atomic E-state index is 18.7. The highest BCUT2D eigenvalue weighted by Gasteiger charge is 2.42. The van der Waals surface area contributed by atoms with Crippen molar-refractivity contribution in [2.45, 2.75) is 123 Å². The Hall–Kier alpha value is -7.61. The van der Waals surface area contributed by atoms with Gasteiger partial charge in [0.25, 0.3) is 0 Å². The lowest BCUT2D eigenvalue weighted by Gasteiger charge is -2.38. The second-order valence-electron chi connectivity index (χ2n) is 23.3. The van der Waals surface area contributed by atoms with Crippen LogP contribution in [0.25, 0.3) is 39.0 Å². The predicted octanol–water partition coefficient (Wildman–Crippen LogP) is 14.4. The quantitative estimate of drug-likeness (QED) is 0.0732. The van der Waals surface area contributed by atoms with Gasteiger partial charge in [0, 0.05) is 66.8 Å². The van der Waals surface area contributed by atoms with Gasteiger partial charge in [0.2, 0.25) is 5.95 Å². The number of likely N-dealkylation sites (N-methyl/N-ethyl adjacent to an activating group) is 1. The molecule has 1 N–H and O–H groups in total. The SMILES string of the molecule is COc1ccc(CN(Cc2ccc(OC)cc2)c2ncccc2[C@@H](C)N2C=Cc3nc(-c4cc(NC(=O)OC(C)(C)C)cc5ccc(F)c(C#C[Si](C(C)C)(C(C)C)C(C)C)c45)c(F)c4nc(N5CC[C@@H](N(C)C)C5)nc2c34)cc1. The number of fused-ring (bicyclic) bond motifs is 1. The number of benzene rings is 4. The number of nitrogens with zero attached hydrogens (tertiary/aromatic N) is 8. The number of pyridine rings is 2. The minimum atomic E-state index is -2.40. The molecule has 2 aliphatic heterocycles. The van der Waals surface area contributed by atoms with Gasteiger partial charge in [0.15, 0.2) is 5.82 Å². The van der Waals surface area contributed by atoms with Crippen LogP contribution in [0.5, 0.6) is 11.5 Å². The van der Waals surface area contributed by atoms with Gasteiger partial charge in [-0.1, -0.05) is 83.9 Å². The molecule has 3 aromatic heterocycles. The molecule has 0 unspecified atom stereocenters. The number of anilines is 4. The van der Waals surface area contributed by atoms with Crippen molar-refractivity contribution in [3.8, 4) is 34.2 Å². The van der Waals surface area contributed by atoms with Gasteiger partial charge in [0.1, 0.15) is 53.8 Å². The van der Waals surface area contributed by atoms with Crippen molar-refractivity contribution in [3.05, 3.63) is 137 Å². The molecular weight excluding hydrogens is 1020 g/mol. The summed E-state index contributed by atoms with van der Waals surface area (Å²) in [4.78, 5) is 42.8. The molecule has 5 heterocycles. The van der Waals surface area contributed by atoms with Crippen LogP contribution >= 0.6 is 0 Å². The Kier molecular flexibility index (Phi) is 16.6. The number of carbonyl (C=O) groups is 1. The molecule has 7 aromatic rings. The van der Waals surface area contributed by atoms with Gasteiger partial charge in [-0.15, -0.1) is 5.54 Å². The Labute approximate surface area is 471 Å². The lowest BCUT2D eigenvalue weighted by atomic mass is 9.94. The van der Waals surface area contributed by atoms with Crippen LogP contribution in [0.1, 0.15) is 110 Å². The van der Waals surface area contributed by atoms with Crippen LogP contribution in [-0.2, 0) is 17.8 Å². The minimum absolute atomic E-state index is 0.0560. The van der Waals surface area contributed by atoms with Crippen LogP contribution in [0.4, 0.5) is 36.8 Å². The number of ether oxygens (including phenoxy) is 3. The van der Waals surface area contributed by atoms with Crippen LogP contribution in [0.15, 0.2) is 97.3 Å². The van der Waals surface area contributed by atoms with E-state index in [1.807, 2.05) is 42.6 Å². The molecule has 9 rings (SSSR count). The zero-order valence-electron chi connectivity index (χ0n) is 48.7. The normalized spacial score (nSPS) is 14.8. The Morgan fingerprint density at radius 2 is 1.48 bits per heavy atom. The summed E-state index contributed by atoms with van der Waals surface area (Å²) in [5.41, 5.74) is 7.87. The Bertz CT molecular complexity index is 3450. The third-order valence-corrected chi connectivity index (χ3v) is 22.2. The molecule has 0 spiro atoms. The first-order chi connectivity index (χ1) is 38.1. The van der Waals surface area contributed by atoms with E-state index in [1.165, 1.54) is 6.07 Å². The summed E-state index contributed by atoms with van der Waals surface area (Å²) in [6.07, 6.45) is 5.77. The molecule has 2 aliphatic rings. The maximum atomic E-state index is 18.7. The standard InChI is InChI=1S/C64H75F2N9O4Si/c1-39(2)80(40(3)4,41(5)6)33-29-51-53(65)26-21-45-34-46(68-63(76)79-64(8,9)10)35-52(55(45)51)58-57(66)59-56-54(69-58)28-32-75(61(56)71-62(70-59)73-31-27-47(38-73)72(11)12)42(7)50-16-15-30-67-60(50)74(36-43-17-22-48(77-13)23-18-43)37-44-19-24-49(78-14)25-20-44/h15-26,28,30,32,34-35,39-42,47H,27,31,36-38H2,1-14H3,(H,68,76)/t42-,47-/m1/s1. The molecule has 2 atom stereocenters. The van der Waals surface area contributed by atoms with E-state index in [-0.39, 0.29) is 45.0 Å². The summed E-state index contributed by atoms with van der Waals surface area (Å²) in [6.45, 7) is 23.0. The molecule has 0 radical (unpaired) electrons. The van der Waals surface area contributed by atoms with Crippen LogP contribution in [0.2, 0.25) is 16.6 Å². The van der Waals surface area contributed by atoms with E-state index in [9.17, 15) is 4.79 Å². The first-order valence-electron chi connectivity index (χ1n) is 27.6. The van der Waals surface area contributed by atoms with Crippen molar-refractivity contribution < 1.29 is 27.8 Å². The Balaban J connectivity index is 1.24. The van der Waals surface area contributed by atoms with Crippen molar-refractivity contribution in [3.63, 3.8) is 0 Å². The van der Waals surface area contributed by atoms with Crippen LogP contribution < -0.4 is 29.5 Å². The molecule has 1 saturated heterocycles. The van der Waals surface area contributed by atoms with E-state index >= 15 is 8.78 Å². The Morgan fingerprint density at radius 1 is 0.838 bits per heavy atom. The van der Waals surface area contributed by atoms with Gasteiger partial charge in [0.05, 0.1) is 36.9 Å². The van der Waals surface area contributed by atoms with E-state index in [0.717, 1.165) is 40.4 Å². The van der Waals surface area contributed by atoms with Crippen molar-refractivity contribution in [2.75, 3.05) is 61.4 Å². The largest absolute Gasteiger partial charge is 0.497 e. The highest BCUT2D eigenvalue weighted by Crippen LogP contribution is 2.46. The summed E-state index contributed by atoms with van der Waals surface area (Å²) < 4.78 is 52.2. The molecule has 418 valence electrons. The molecule has 1 fully saturated rings. The average Bonchev–Trinajstić information content (AvgIpc) is 4.07. The topological polar surface area (TPSA) is 121 Å². The molecule has 13 nitrogen and oxygen atoms in total. The number of methoxy groups -OCH3 is 2. The van der Waals surface area contributed by atoms with Gasteiger partial charge < -0.3 is 33.8 Å². The molecule has 16 heteroatoms. The molecule has 4 aromatic carbocycles. The third-order valence-electron chi connectivity index (χ3n) is 15.9. The van der Waals surface area contributed by atoms with Gasteiger partial charge in [-0.25, -0.2) is 28.5 Å². The first kappa shape index (κ1) is 57.1. The average molecular weight is 1100 g/mol. The summed E-state index contributed by atoms with van der Waals surface area (Å²) in [6, 6.07) is 26.3. The molecule has 0 bridgehead atoms. The minimum Gasteiger partial charge on any atom is -0.497 e. The van der Waals surface area contributed by atoms with Crippen molar-refractivity contribution in [1.82, 2.24) is 24.8 Å². The zero-order valence-corrected chi connectivity index (χ0v) is 49.7. The molecular formula is C64H75F2N9O4Si. The number of nitrogens with one attached hydrogen (secondary N) is 1. The van der Waals surface area contributed by atoms with E-state index < -0.39 is 37.4 Å². The van der Waals surface area contributed by atoms with Crippen LogP contribution in [-0.4, -0.2) is 92.1 Å². The highest BCUT2D eigenvalue weighted by atomic mass is 28.3. The number of carbonyl (C=O) groups excluding carboxylic acids is 1. The number of aromatic nitrogens is 4. The number of rotatable bonds is 16. The second kappa shape index (κ2) is 23.2. The lowest BCUT2D eigenvalue weighted by Crippen LogP contribution is -2.43. The summed E-state index contributed by atoms with van der Waals surface area (Å²) in [5, 5.41) is 4.21. The fourth-order valence-corrected chi connectivity index (χ4v) is 17.0. The van der Waals surface area contributed by atoms with E-state index in [4.69, 9.17) is 34.1 Å². The van der Waals surface area contributed by atoms with Gasteiger partial charge in [-0.3, -0.25) is 5.32 Å². The monoisotopic (exact) mass is 1100 g/mol. The lowest BCUT2D eigenvalue weighted by molar-refractivity contribution is 0.0636. The molecule has 0 saturated carbocycles. The number of hydrogen-bond donors (Lipinski definition) is 1. The molecule has 0 aliphatic carbocycles. The fourth-order valence-electron chi connectivity index (χ4n) is 11.8. The van der Waals surface area contributed by atoms with Crippen molar-refractivity contribution >= 4 is 65.2 Å². The van der Waals surface area contributed by atoms with Crippen LogP contribution in [0.3, 0.4) is 0 Å². The molecule has 80 heavy (non-hydrogen) atoms. The van der Waals surface area contributed by atoms with E-state index in [0.29, 0.717) is 65.5 Å². The summed E-state index contributed by atoms with van der Waals surface area (Å²) in [7, 11) is 5.03.